The molecule has 1 aromatic carbocycles. The summed E-state index contributed by atoms with van der Waals surface area (Å²) in [6.07, 6.45) is 15.3. The molecule has 6 rings (SSSR count). The van der Waals surface area contributed by atoms with Crippen molar-refractivity contribution in [2.24, 2.45) is 34.5 Å². The molecule has 0 saturated heterocycles. The van der Waals surface area contributed by atoms with E-state index in [-0.39, 0.29) is 61.3 Å². The third-order valence-electron chi connectivity index (χ3n) is 14.7. The van der Waals surface area contributed by atoms with Crippen LogP contribution in [0.4, 0.5) is 0 Å². The summed E-state index contributed by atoms with van der Waals surface area (Å²) in [7, 11) is 3.16. The van der Waals surface area contributed by atoms with E-state index in [1.807, 2.05) is 18.2 Å². The highest BCUT2D eigenvalue weighted by Crippen LogP contribution is 2.46. The lowest BCUT2D eigenvalue weighted by molar-refractivity contribution is -0.148. The second-order valence-corrected chi connectivity index (χ2v) is 19.2. The highest BCUT2D eigenvalue weighted by Gasteiger charge is 2.47. The summed E-state index contributed by atoms with van der Waals surface area (Å²) in [5, 5.41) is 34.3. The number of aliphatic carboxylic acids is 3. The summed E-state index contributed by atoms with van der Waals surface area (Å²) >= 11 is 0. The lowest BCUT2D eigenvalue weighted by Gasteiger charge is -2.34. The topological polar surface area (TPSA) is 233 Å². The average molecular weight is 915 g/mol. The number of hydrogen-bond donors (Lipinski definition) is 5. The van der Waals surface area contributed by atoms with Crippen LogP contribution in [0.3, 0.4) is 0 Å². The van der Waals surface area contributed by atoms with Gasteiger partial charge in [0, 0.05) is 26.3 Å². The van der Waals surface area contributed by atoms with Gasteiger partial charge in [-0.1, -0.05) is 31.7 Å². The number of esters is 1. The maximum Gasteiger partial charge on any atom is 0.316 e. The van der Waals surface area contributed by atoms with E-state index >= 15 is 0 Å². The third-order valence-corrected chi connectivity index (χ3v) is 14.7. The van der Waals surface area contributed by atoms with Crippen molar-refractivity contribution in [3.63, 3.8) is 0 Å². The molecule has 2 atom stereocenters. The molecule has 0 aliphatic heterocycles. The lowest BCUT2D eigenvalue weighted by atomic mass is 9.76. The molecule has 364 valence electrons. The van der Waals surface area contributed by atoms with Gasteiger partial charge in [-0.2, -0.15) is 0 Å². The van der Waals surface area contributed by atoms with E-state index in [0.29, 0.717) is 103 Å². The number of methoxy groups -OCH3 is 2. The second kappa shape index (κ2) is 25.7. The van der Waals surface area contributed by atoms with Crippen molar-refractivity contribution >= 4 is 35.7 Å². The summed E-state index contributed by atoms with van der Waals surface area (Å²) in [5.74, 6) is -4.33. The summed E-state index contributed by atoms with van der Waals surface area (Å²) in [6.45, 7) is 1.76. The fourth-order valence-corrected chi connectivity index (χ4v) is 10.7. The number of rotatable bonds is 23. The van der Waals surface area contributed by atoms with Crippen LogP contribution in [0.1, 0.15) is 133 Å². The minimum atomic E-state index is -0.946. The Labute approximate surface area is 383 Å². The van der Waals surface area contributed by atoms with Gasteiger partial charge in [0.2, 0.25) is 11.8 Å². The lowest BCUT2D eigenvalue weighted by Crippen LogP contribution is -2.47. The van der Waals surface area contributed by atoms with Gasteiger partial charge in [-0.05, 0) is 132 Å². The minimum absolute atomic E-state index is 0.0176. The molecule has 0 bridgehead atoms. The molecule has 16 heteroatoms. The van der Waals surface area contributed by atoms with Gasteiger partial charge in [-0.25, -0.2) is 0 Å². The number of ether oxygens (including phenoxy) is 5. The summed E-state index contributed by atoms with van der Waals surface area (Å²) < 4.78 is 27.0. The predicted octanol–water partition coefficient (Wildman–Crippen LogP) is 6.13. The van der Waals surface area contributed by atoms with Crippen LogP contribution < -0.4 is 15.4 Å². The third kappa shape index (κ3) is 15.2. The Bertz CT molecular complexity index is 1720. The molecule has 0 aromatic heterocycles. The average Bonchev–Trinajstić information content (AvgIpc) is 4.09. The van der Waals surface area contributed by atoms with Crippen LogP contribution in [0.5, 0.6) is 5.75 Å². The monoisotopic (exact) mass is 915 g/mol. The molecule has 4 saturated carbocycles. The van der Waals surface area contributed by atoms with Crippen molar-refractivity contribution < 1.29 is 67.8 Å². The maximum atomic E-state index is 13.6. The zero-order chi connectivity index (χ0) is 46.8. The highest BCUT2D eigenvalue weighted by molar-refractivity contribution is 5.85. The van der Waals surface area contributed by atoms with Crippen LogP contribution in [0.2, 0.25) is 0 Å². The molecule has 5 N–H and O–H groups in total. The zero-order valence-electron chi connectivity index (χ0n) is 38.6. The van der Waals surface area contributed by atoms with Crippen LogP contribution in [0.15, 0.2) is 18.2 Å². The maximum absolute atomic E-state index is 13.6. The Morgan fingerprint density at radius 1 is 0.600 bits per heavy atom. The fourth-order valence-electron chi connectivity index (χ4n) is 10.7. The van der Waals surface area contributed by atoms with E-state index in [1.165, 1.54) is 11.1 Å². The molecule has 4 fully saturated rings. The van der Waals surface area contributed by atoms with Gasteiger partial charge >= 0.3 is 23.9 Å². The van der Waals surface area contributed by atoms with Crippen molar-refractivity contribution in [2.45, 2.75) is 147 Å². The number of aryl methyl sites for hydroxylation is 2. The predicted molar refractivity (Wildman–Crippen MR) is 238 cm³/mol. The zero-order valence-corrected chi connectivity index (χ0v) is 38.6. The number of nitrogens with one attached hydrogen (secondary N) is 2. The molecular weight excluding hydrogens is 841 g/mol. The second-order valence-electron chi connectivity index (χ2n) is 19.2. The molecule has 2 amide bonds. The Morgan fingerprint density at radius 2 is 1.05 bits per heavy atom. The van der Waals surface area contributed by atoms with E-state index in [0.717, 1.165) is 57.8 Å². The van der Waals surface area contributed by atoms with Crippen LogP contribution in [-0.2, 0) is 60.6 Å². The van der Waals surface area contributed by atoms with Crippen molar-refractivity contribution in [2.75, 3.05) is 53.9 Å². The van der Waals surface area contributed by atoms with Gasteiger partial charge < -0.3 is 49.6 Å². The van der Waals surface area contributed by atoms with Crippen molar-refractivity contribution in [3.8, 4) is 5.75 Å². The van der Waals surface area contributed by atoms with Crippen molar-refractivity contribution in [3.05, 3.63) is 29.3 Å². The first-order chi connectivity index (χ1) is 31.3. The van der Waals surface area contributed by atoms with Gasteiger partial charge in [0.15, 0.2) is 0 Å². The van der Waals surface area contributed by atoms with E-state index in [2.05, 4.69) is 10.6 Å². The smallest absolute Gasteiger partial charge is 0.316 e. The molecule has 65 heavy (non-hydrogen) atoms. The van der Waals surface area contributed by atoms with Crippen molar-refractivity contribution in [1.29, 1.82) is 0 Å². The first-order valence-electron chi connectivity index (χ1n) is 24.0. The Kier molecular flexibility index (Phi) is 20.5. The number of fused-ring (bicyclic) bond motifs is 1. The summed E-state index contributed by atoms with van der Waals surface area (Å²) in [4.78, 5) is 74.2. The van der Waals surface area contributed by atoms with E-state index in [9.17, 15) is 39.0 Å². The normalized spacial score (nSPS) is 24.1. The SMILES string of the molecule is COCCOC[C@H](CC1(C(=O)N[C@H]2CC[C@@H](C(=O)O)CC2)CCCC1)C(=O)O.COCCOC[C@H](CC1(C(=O)N[C@H]2CC[C@@H](C(=O)O)CC2)CCCC1)C(=O)Oc1ccc2c(c1)CCC2. The van der Waals surface area contributed by atoms with E-state index < -0.39 is 40.6 Å². The van der Waals surface area contributed by atoms with Crippen LogP contribution in [0.25, 0.3) is 0 Å². The fraction of sp³-hybridized carbons (Fsp3) is 0.755. The Balaban J connectivity index is 0.000000254. The Morgan fingerprint density at radius 3 is 1.49 bits per heavy atom. The number of amides is 2. The molecule has 5 aliphatic carbocycles. The van der Waals surface area contributed by atoms with Gasteiger partial charge in [0.25, 0.3) is 0 Å². The first-order valence-corrected chi connectivity index (χ1v) is 24.0. The standard InChI is InChI=1S/C29H41NO7.C20H33NO7/c1-35-15-16-36-19-23(27(33)37-25-12-9-20-5-4-6-22(20)17-25)18-29(13-2-3-14-29)28(34)30-24-10-7-21(8-11-24)26(31)32;1-27-10-11-28-13-15(18(24)25)12-20(8-2-3-9-20)19(26)21-16-6-4-14(5-7-16)17(22)23/h9,12,17,21,23-24H,2-8,10-11,13-16,18-19H2,1H3,(H,30,34)(H,31,32);14-16H,2-13H2,1H3,(H,21,26)(H,22,23)(H,24,25)/t21-,23-,24+;14-,15-,16+/m00/s1. The quantitative estimate of drug-likeness (QED) is 0.0472. The summed E-state index contributed by atoms with van der Waals surface area (Å²) in [6, 6.07) is 5.82. The largest absolute Gasteiger partial charge is 0.481 e. The highest BCUT2D eigenvalue weighted by atomic mass is 16.5. The number of carboxylic acids is 3. The van der Waals surface area contributed by atoms with Gasteiger partial charge in [-0.15, -0.1) is 0 Å². The molecule has 5 aliphatic rings. The first kappa shape index (κ1) is 51.9. The molecule has 16 nitrogen and oxygen atoms in total. The van der Waals surface area contributed by atoms with Crippen molar-refractivity contribution in [1.82, 2.24) is 10.6 Å². The van der Waals surface area contributed by atoms with Gasteiger partial charge in [0.1, 0.15) is 5.75 Å². The number of carboxylic acid groups (broad SMARTS) is 3. The van der Waals surface area contributed by atoms with E-state index in [4.69, 9.17) is 28.8 Å². The molecule has 1 aromatic rings. The number of hydrogen-bond acceptors (Lipinski definition) is 11. The van der Waals surface area contributed by atoms with Crippen LogP contribution in [-0.4, -0.2) is 117 Å². The molecule has 0 radical (unpaired) electrons. The molecular formula is C49H74N2O14. The Hall–Kier alpha value is -4.12. The number of benzene rings is 1. The van der Waals surface area contributed by atoms with Crippen LogP contribution >= 0.6 is 0 Å². The van der Waals surface area contributed by atoms with Crippen LogP contribution in [0, 0.1) is 34.5 Å². The summed E-state index contributed by atoms with van der Waals surface area (Å²) in [5.41, 5.74) is 1.24. The molecule has 0 heterocycles. The number of carbonyl (C=O) groups excluding carboxylic acids is 3. The minimum Gasteiger partial charge on any atom is -0.481 e. The van der Waals surface area contributed by atoms with Gasteiger partial charge in [-0.3, -0.25) is 28.8 Å². The van der Waals surface area contributed by atoms with Gasteiger partial charge in [0.05, 0.1) is 74.1 Å². The molecule has 0 spiro atoms. The van der Waals surface area contributed by atoms with E-state index in [1.54, 1.807) is 14.2 Å². The number of carbonyl (C=O) groups is 6. The molecule has 0 unspecified atom stereocenters.